The predicted molar refractivity (Wildman–Crippen MR) is 141 cm³/mol. The van der Waals surface area contributed by atoms with Crippen LogP contribution in [0.4, 0.5) is 0 Å². The van der Waals surface area contributed by atoms with E-state index in [0.717, 1.165) is 24.2 Å². The number of aliphatic imine (C=N–C) groups is 1. The predicted octanol–water partition coefficient (Wildman–Crippen LogP) is 4.99. The molecule has 2 aliphatic heterocycles. The molecule has 1 amide bonds. The highest BCUT2D eigenvalue weighted by atomic mass is 16.5. The molecular formula is C30H37N3O3. The number of benzene rings is 2. The quantitative estimate of drug-likeness (QED) is 0.598. The Bertz CT molecular complexity index is 1120. The Morgan fingerprint density at radius 1 is 1.00 bits per heavy atom. The van der Waals surface area contributed by atoms with Crippen LogP contribution < -0.4 is 0 Å². The van der Waals surface area contributed by atoms with Crippen molar-refractivity contribution in [2.24, 2.45) is 4.99 Å². The summed E-state index contributed by atoms with van der Waals surface area (Å²) in [6, 6.07) is 20.6. The van der Waals surface area contributed by atoms with E-state index >= 15 is 0 Å². The first-order valence-corrected chi connectivity index (χ1v) is 13.3. The van der Waals surface area contributed by atoms with Gasteiger partial charge in [0.15, 0.2) is 11.5 Å². The van der Waals surface area contributed by atoms with E-state index in [4.69, 9.17) is 9.73 Å². The van der Waals surface area contributed by atoms with Crippen molar-refractivity contribution in [3.63, 3.8) is 0 Å². The first-order valence-electron chi connectivity index (χ1n) is 13.3. The lowest BCUT2D eigenvalue weighted by Crippen LogP contribution is -2.56. The van der Waals surface area contributed by atoms with Crippen LogP contribution in [0.1, 0.15) is 63.5 Å². The first-order chi connectivity index (χ1) is 17.5. The number of aliphatic hydroxyl groups is 1. The summed E-state index contributed by atoms with van der Waals surface area (Å²) in [4.78, 5) is 22.4. The van der Waals surface area contributed by atoms with Crippen LogP contribution in [-0.2, 0) is 21.6 Å². The number of hydrogen-bond acceptors (Lipinski definition) is 5. The van der Waals surface area contributed by atoms with Crippen molar-refractivity contribution in [2.45, 2.75) is 76.7 Å². The summed E-state index contributed by atoms with van der Waals surface area (Å²) in [5.74, 6) is 0.964. The van der Waals surface area contributed by atoms with Gasteiger partial charge in [0.05, 0.1) is 0 Å². The molecule has 6 nitrogen and oxygen atoms in total. The zero-order valence-electron chi connectivity index (χ0n) is 21.4. The summed E-state index contributed by atoms with van der Waals surface area (Å²) < 4.78 is 6.13. The van der Waals surface area contributed by atoms with Gasteiger partial charge < -0.3 is 19.6 Å². The number of hydrogen-bond donors (Lipinski definition) is 1. The average molecular weight is 488 g/mol. The first kappa shape index (κ1) is 24.6. The SMILES string of the molecule is CC(C)N1CCN2C(CC3(c4ccccc4)CCCCC3)=NC(O)C(OCc3ccccc3)=C2C1=O. The molecule has 2 heterocycles. The van der Waals surface area contributed by atoms with E-state index in [-0.39, 0.29) is 29.7 Å². The summed E-state index contributed by atoms with van der Waals surface area (Å²) in [6.07, 6.45) is 5.29. The van der Waals surface area contributed by atoms with Crippen molar-refractivity contribution in [3.05, 3.63) is 83.2 Å². The second kappa shape index (κ2) is 10.5. The second-order valence-electron chi connectivity index (χ2n) is 10.5. The highest BCUT2D eigenvalue weighted by Crippen LogP contribution is 2.44. The molecule has 5 rings (SSSR count). The van der Waals surface area contributed by atoms with E-state index in [1.54, 1.807) is 0 Å². The molecule has 6 heteroatoms. The number of rotatable bonds is 7. The highest BCUT2D eigenvalue weighted by Gasteiger charge is 2.44. The lowest BCUT2D eigenvalue weighted by atomic mass is 9.67. The molecule has 1 saturated heterocycles. The van der Waals surface area contributed by atoms with Gasteiger partial charge in [-0.25, -0.2) is 4.99 Å². The Hall–Kier alpha value is -3.12. The number of aliphatic hydroxyl groups excluding tert-OH is 1. The minimum absolute atomic E-state index is 0.0379. The normalized spacial score (nSPS) is 21.9. The number of amides is 1. The molecule has 0 bridgehead atoms. The van der Waals surface area contributed by atoms with E-state index < -0.39 is 6.23 Å². The van der Waals surface area contributed by atoms with Crippen molar-refractivity contribution in [1.29, 1.82) is 0 Å². The monoisotopic (exact) mass is 487 g/mol. The van der Waals surface area contributed by atoms with Crippen LogP contribution >= 0.6 is 0 Å². The third-order valence-electron chi connectivity index (χ3n) is 7.90. The summed E-state index contributed by atoms with van der Waals surface area (Å²) in [5, 5.41) is 11.2. The van der Waals surface area contributed by atoms with Gasteiger partial charge in [-0.15, -0.1) is 0 Å². The van der Waals surface area contributed by atoms with Gasteiger partial charge in [-0.3, -0.25) is 4.79 Å². The maximum Gasteiger partial charge on any atom is 0.274 e. The zero-order chi connectivity index (χ0) is 25.1. The molecule has 1 saturated carbocycles. The van der Waals surface area contributed by atoms with Crippen molar-refractivity contribution in [1.82, 2.24) is 9.80 Å². The number of fused-ring (bicyclic) bond motifs is 1. The standard InChI is InChI=1S/C30H37N3O3/c1-22(2)32-18-19-33-25(20-30(16-10-5-11-17-30)24-14-8-4-9-15-24)31-28(34)27(26(33)29(32)35)36-21-23-12-6-3-7-13-23/h3-4,6-9,12-15,22,28,34H,5,10-11,16-21H2,1-2H3. The van der Waals surface area contributed by atoms with Crippen LogP contribution in [-0.4, -0.2) is 52.0 Å². The second-order valence-corrected chi connectivity index (χ2v) is 10.5. The smallest absolute Gasteiger partial charge is 0.274 e. The lowest BCUT2D eigenvalue weighted by molar-refractivity contribution is -0.133. The van der Waals surface area contributed by atoms with Crippen LogP contribution in [0.3, 0.4) is 0 Å². The lowest BCUT2D eigenvalue weighted by Gasteiger charge is -2.45. The summed E-state index contributed by atoms with van der Waals surface area (Å²) >= 11 is 0. The Labute approximate surface area is 214 Å². The van der Waals surface area contributed by atoms with Crippen molar-refractivity contribution in [2.75, 3.05) is 13.1 Å². The van der Waals surface area contributed by atoms with Gasteiger partial charge in [-0.2, -0.15) is 0 Å². The minimum Gasteiger partial charge on any atom is -0.486 e. The Morgan fingerprint density at radius 3 is 2.33 bits per heavy atom. The molecular weight excluding hydrogens is 450 g/mol. The molecule has 36 heavy (non-hydrogen) atoms. The molecule has 0 spiro atoms. The number of ether oxygens (including phenoxy) is 1. The van der Waals surface area contributed by atoms with Crippen LogP contribution in [0.25, 0.3) is 0 Å². The Kier molecular flexibility index (Phi) is 7.15. The number of carbonyl (C=O) groups excluding carboxylic acids is 1. The largest absolute Gasteiger partial charge is 0.486 e. The van der Waals surface area contributed by atoms with Crippen LogP contribution in [0.5, 0.6) is 0 Å². The molecule has 1 N–H and O–H groups in total. The Morgan fingerprint density at radius 2 is 1.67 bits per heavy atom. The molecule has 0 radical (unpaired) electrons. The molecule has 190 valence electrons. The molecule has 1 unspecified atom stereocenters. The number of nitrogens with zero attached hydrogens (tertiary/aromatic N) is 3. The molecule has 2 aromatic rings. The van der Waals surface area contributed by atoms with Gasteiger partial charge in [-0.05, 0) is 37.8 Å². The van der Waals surface area contributed by atoms with E-state index in [9.17, 15) is 9.90 Å². The fourth-order valence-corrected chi connectivity index (χ4v) is 5.96. The molecule has 3 aliphatic rings. The van der Waals surface area contributed by atoms with E-state index in [0.29, 0.717) is 25.2 Å². The van der Waals surface area contributed by atoms with Gasteiger partial charge in [0.1, 0.15) is 12.4 Å². The van der Waals surface area contributed by atoms with Crippen molar-refractivity contribution in [3.8, 4) is 0 Å². The topological polar surface area (TPSA) is 65.4 Å². The number of amidine groups is 1. The van der Waals surface area contributed by atoms with Gasteiger partial charge in [0, 0.05) is 31.0 Å². The molecule has 1 aliphatic carbocycles. The number of piperazine rings is 1. The zero-order valence-corrected chi connectivity index (χ0v) is 21.4. The molecule has 2 fully saturated rings. The molecule has 0 aromatic heterocycles. The van der Waals surface area contributed by atoms with E-state index in [2.05, 4.69) is 30.3 Å². The fraction of sp³-hybridized carbons (Fsp3) is 0.467. The fourth-order valence-electron chi connectivity index (χ4n) is 5.96. The Balaban J connectivity index is 1.49. The molecule has 2 aromatic carbocycles. The maximum absolute atomic E-state index is 13.7. The van der Waals surface area contributed by atoms with E-state index in [1.165, 1.54) is 24.8 Å². The van der Waals surface area contributed by atoms with Crippen LogP contribution in [0.15, 0.2) is 77.1 Å². The van der Waals surface area contributed by atoms with Crippen LogP contribution in [0.2, 0.25) is 0 Å². The van der Waals surface area contributed by atoms with Gasteiger partial charge in [0.25, 0.3) is 5.91 Å². The maximum atomic E-state index is 13.7. The van der Waals surface area contributed by atoms with E-state index in [1.807, 2.05) is 54.0 Å². The summed E-state index contributed by atoms with van der Waals surface area (Å²) in [6.45, 7) is 5.60. The third-order valence-corrected chi connectivity index (χ3v) is 7.90. The molecule has 1 atom stereocenters. The summed E-state index contributed by atoms with van der Waals surface area (Å²) in [7, 11) is 0. The van der Waals surface area contributed by atoms with Crippen molar-refractivity contribution >= 4 is 11.7 Å². The van der Waals surface area contributed by atoms with Gasteiger partial charge >= 0.3 is 0 Å². The third kappa shape index (κ3) is 4.79. The van der Waals surface area contributed by atoms with Gasteiger partial charge in [0.2, 0.25) is 6.23 Å². The highest BCUT2D eigenvalue weighted by molar-refractivity contribution is 6.01. The average Bonchev–Trinajstić information content (AvgIpc) is 2.90. The number of carbonyl (C=O) groups is 1. The van der Waals surface area contributed by atoms with Crippen LogP contribution in [0, 0.1) is 0 Å². The minimum atomic E-state index is -1.19. The van der Waals surface area contributed by atoms with Gasteiger partial charge in [-0.1, -0.05) is 79.9 Å². The van der Waals surface area contributed by atoms with Crippen molar-refractivity contribution < 1.29 is 14.6 Å². The summed E-state index contributed by atoms with van der Waals surface area (Å²) in [5.41, 5.74) is 2.71.